The number of oxime groups is 1. The molecule has 1 aromatic rings. The van der Waals surface area contributed by atoms with Gasteiger partial charge in [-0.25, -0.2) is 0 Å². The van der Waals surface area contributed by atoms with Gasteiger partial charge in [-0.2, -0.15) is 0 Å². The maximum atomic E-state index is 9.00. The van der Waals surface area contributed by atoms with Crippen molar-refractivity contribution in [2.24, 2.45) is 5.16 Å². The second-order valence-corrected chi connectivity index (χ2v) is 5.82. The molecule has 102 valence electrons. The number of rotatable bonds is 3. The van der Waals surface area contributed by atoms with Crippen LogP contribution < -0.4 is 0 Å². The first-order valence-electron chi connectivity index (χ1n) is 7.33. The fraction of sp³-hybridized carbons (Fsp3) is 0.562. The minimum Gasteiger partial charge on any atom is -0.411 e. The Bertz CT molecular complexity index is 457. The van der Waals surface area contributed by atoms with E-state index in [1.54, 1.807) is 0 Å². The summed E-state index contributed by atoms with van der Waals surface area (Å²) in [6, 6.07) is 12.6. The van der Waals surface area contributed by atoms with Crippen LogP contribution in [-0.4, -0.2) is 33.9 Å². The lowest BCUT2D eigenvalue weighted by molar-refractivity contribution is -0.0316. The van der Waals surface area contributed by atoms with Crippen molar-refractivity contribution in [3.63, 3.8) is 0 Å². The highest BCUT2D eigenvalue weighted by molar-refractivity contribution is 5.86. The van der Waals surface area contributed by atoms with Crippen LogP contribution in [0.3, 0.4) is 0 Å². The summed E-state index contributed by atoms with van der Waals surface area (Å²) in [4.78, 5) is 2.67. The predicted octanol–water partition coefficient (Wildman–Crippen LogP) is 3.07. The van der Waals surface area contributed by atoms with Crippen LogP contribution in [0.15, 0.2) is 35.5 Å². The van der Waals surface area contributed by atoms with Gasteiger partial charge in [0.1, 0.15) is 0 Å². The van der Waals surface area contributed by atoms with E-state index in [1.807, 2.05) is 0 Å². The summed E-state index contributed by atoms with van der Waals surface area (Å²) in [7, 11) is 0. The third-order valence-corrected chi connectivity index (χ3v) is 4.68. The fourth-order valence-electron chi connectivity index (χ4n) is 3.75. The third-order valence-electron chi connectivity index (χ3n) is 4.68. The smallest absolute Gasteiger partial charge is 0.0602 e. The summed E-state index contributed by atoms with van der Waals surface area (Å²) in [6.45, 7) is 2.24. The maximum absolute atomic E-state index is 9.00. The van der Waals surface area contributed by atoms with Crippen molar-refractivity contribution in [2.45, 2.75) is 57.2 Å². The molecule has 2 aliphatic rings. The highest BCUT2D eigenvalue weighted by Gasteiger charge is 2.45. The molecule has 1 unspecified atom stereocenters. The van der Waals surface area contributed by atoms with Gasteiger partial charge in [0, 0.05) is 31.0 Å². The Morgan fingerprint density at radius 2 is 2.00 bits per heavy atom. The normalized spacial score (nSPS) is 32.9. The quantitative estimate of drug-likeness (QED) is 0.668. The minimum atomic E-state index is 0.562. The zero-order valence-electron chi connectivity index (χ0n) is 11.5. The van der Waals surface area contributed by atoms with Crippen LogP contribution in [0.4, 0.5) is 0 Å². The summed E-state index contributed by atoms with van der Waals surface area (Å²) in [5.74, 6) is 0. The van der Waals surface area contributed by atoms with Crippen LogP contribution in [-0.2, 0) is 6.42 Å². The van der Waals surface area contributed by atoms with Gasteiger partial charge in [-0.1, -0.05) is 42.4 Å². The van der Waals surface area contributed by atoms with E-state index < -0.39 is 0 Å². The molecule has 2 fully saturated rings. The molecule has 2 aliphatic heterocycles. The van der Waals surface area contributed by atoms with E-state index in [4.69, 9.17) is 5.21 Å². The van der Waals surface area contributed by atoms with Crippen LogP contribution in [0.5, 0.6) is 0 Å². The second kappa shape index (κ2) is 5.33. The van der Waals surface area contributed by atoms with Crippen LogP contribution in [0.1, 0.15) is 38.2 Å². The maximum Gasteiger partial charge on any atom is 0.0602 e. The highest BCUT2D eigenvalue weighted by Crippen LogP contribution is 2.38. The molecule has 1 aromatic carbocycles. The Labute approximate surface area is 114 Å². The Morgan fingerprint density at radius 3 is 2.68 bits per heavy atom. The van der Waals surface area contributed by atoms with Crippen LogP contribution in [0.25, 0.3) is 0 Å². The molecule has 0 aliphatic carbocycles. The Hall–Kier alpha value is -1.35. The van der Waals surface area contributed by atoms with E-state index in [0.717, 1.165) is 31.4 Å². The number of hydrogen-bond acceptors (Lipinski definition) is 3. The van der Waals surface area contributed by atoms with Crippen molar-refractivity contribution >= 4 is 5.71 Å². The Morgan fingerprint density at radius 1 is 1.21 bits per heavy atom. The molecule has 2 heterocycles. The van der Waals surface area contributed by atoms with Gasteiger partial charge in [0.2, 0.25) is 0 Å². The highest BCUT2D eigenvalue weighted by atomic mass is 16.4. The molecule has 3 heteroatoms. The third kappa shape index (κ3) is 2.39. The van der Waals surface area contributed by atoms with Gasteiger partial charge in [-0.15, -0.1) is 0 Å². The molecule has 19 heavy (non-hydrogen) atoms. The van der Waals surface area contributed by atoms with E-state index in [9.17, 15) is 0 Å². The summed E-state index contributed by atoms with van der Waals surface area (Å²) >= 11 is 0. The Kier molecular flexibility index (Phi) is 3.56. The largest absolute Gasteiger partial charge is 0.411 e. The van der Waals surface area contributed by atoms with Crippen molar-refractivity contribution in [2.75, 3.05) is 0 Å². The van der Waals surface area contributed by atoms with Gasteiger partial charge in [-0.3, -0.25) is 4.90 Å². The van der Waals surface area contributed by atoms with Crippen molar-refractivity contribution in [1.82, 2.24) is 4.90 Å². The van der Waals surface area contributed by atoms with Crippen LogP contribution in [0.2, 0.25) is 0 Å². The van der Waals surface area contributed by atoms with Gasteiger partial charge in [0.05, 0.1) is 5.71 Å². The molecule has 3 atom stereocenters. The molecular weight excluding hydrogens is 236 g/mol. The average molecular weight is 258 g/mol. The molecular formula is C16H22N2O. The number of hydrogen-bond donors (Lipinski definition) is 1. The summed E-state index contributed by atoms with van der Waals surface area (Å²) < 4.78 is 0. The standard InChI is InChI=1S/C16H22N2O/c1-2-14-9-13(17-19)10-16-11-15(18(14)16)8-12-6-4-3-5-7-12/h3-7,14-16,19H,2,8-11H2,1H3/b17-13+/t14-,15?,16-/m1/s1. The van der Waals surface area contributed by atoms with E-state index in [2.05, 4.69) is 47.3 Å². The molecule has 3 rings (SSSR count). The molecule has 0 spiro atoms. The van der Waals surface area contributed by atoms with E-state index in [0.29, 0.717) is 18.1 Å². The minimum absolute atomic E-state index is 0.562. The fourth-order valence-corrected chi connectivity index (χ4v) is 3.75. The summed E-state index contributed by atoms with van der Waals surface area (Å²) in [5, 5.41) is 12.5. The zero-order chi connectivity index (χ0) is 13.2. The van der Waals surface area contributed by atoms with Gasteiger partial charge < -0.3 is 5.21 Å². The molecule has 2 saturated heterocycles. The lowest BCUT2D eigenvalue weighted by atomic mass is 9.78. The summed E-state index contributed by atoms with van der Waals surface area (Å²) in [6.07, 6.45) is 5.43. The van der Waals surface area contributed by atoms with Gasteiger partial charge in [-0.05, 0) is 24.8 Å². The molecule has 0 radical (unpaired) electrons. The predicted molar refractivity (Wildman–Crippen MR) is 76.7 cm³/mol. The number of fused-ring (bicyclic) bond motifs is 1. The van der Waals surface area contributed by atoms with Crippen molar-refractivity contribution in [3.8, 4) is 0 Å². The monoisotopic (exact) mass is 258 g/mol. The van der Waals surface area contributed by atoms with Crippen LogP contribution >= 0.6 is 0 Å². The number of benzene rings is 1. The Balaban J connectivity index is 1.68. The molecule has 0 bridgehead atoms. The second-order valence-electron chi connectivity index (χ2n) is 5.82. The van der Waals surface area contributed by atoms with Gasteiger partial charge >= 0.3 is 0 Å². The molecule has 0 aromatic heterocycles. The molecule has 1 N–H and O–H groups in total. The molecule has 0 amide bonds. The first kappa shape index (κ1) is 12.7. The van der Waals surface area contributed by atoms with Crippen LogP contribution in [0, 0.1) is 0 Å². The molecule has 0 saturated carbocycles. The average Bonchev–Trinajstić information content (AvgIpc) is 2.44. The van der Waals surface area contributed by atoms with Crippen molar-refractivity contribution in [1.29, 1.82) is 0 Å². The van der Waals surface area contributed by atoms with Crippen molar-refractivity contribution < 1.29 is 5.21 Å². The molecule has 3 nitrogen and oxygen atoms in total. The lowest BCUT2D eigenvalue weighted by Gasteiger charge is -2.56. The first-order chi connectivity index (χ1) is 9.31. The lowest BCUT2D eigenvalue weighted by Crippen LogP contribution is -2.64. The topological polar surface area (TPSA) is 35.8 Å². The van der Waals surface area contributed by atoms with Gasteiger partial charge in [0.15, 0.2) is 0 Å². The SMILES string of the molecule is CC[C@@H]1C/C(=N\O)C[C@@H]2CC(Cc3ccccc3)N12. The number of nitrogens with zero attached hydrogens (tertiary/aromatic N) is 2. The first-order valence-corrected chi connectivity index (χ1v) is 7.33. The van der Waals surface area contributed by atoms with E-state index in [-0.39, 0.29) is 0 Å². The number of piperidine rings is 1. The summed E-state index contributed by atoms with van der Waals surface area (Å²) in [5.41, 5.74) is 2.42. The zero-order valence-corrected chi connectivity index (χ0v) is 11.5. The van der Waals surface area contributed by atoms with Crippen molar-refractivity contribution in [3.05, 3.63) is 35.9 Å². The van der Waals surface area contributed by atoms with Gasteiger partial charge in [0.25, 0.3) is 0 Å². The van der Waals surface area contributed by atoms with E-state index in [1.165, 1.54) is 12.0 Å². The van der Waals surface area contributed by atoms with E-state index >= 15 is 0 Å².